The zero-order valence-electron chi connectivity index (χ0n) is 57.7. The van der Waals surface area contributed by atoms with Crippen molar-refractivity contribution in [3.05, 3.63) is 269 Å². The van der Waals surface area contributed by atoms with Crippen molar-refractivity contribution in [1.29, 1.82) is 0 Å². The summed E-state index contributed by atoms with van der Waals surface area (Å²) in [6.07, 6.45) is 12.6. The fourth-order valence-electron chi connectivity index (χ4n) is 10.3. The highest BCUT2D eigenvalue weighted by Crippen LogP contribution is 2.27. The van der Waals surface area contributed by atoms with Crippen molar-refractivity contribution < 1.29 is 31.1 Å². The molecule has 0 radical (unpaired) electrons. The van der Waals surface area contributed by atoms with E-state index in [4.69, 9.17) is 8.22 Å². The average molecular weight is 1100 g/mol. The Balaban J connectivity index is 0.000000176. The monoisotopic (exact) mass is 1090 g/mol. The summed E-state index contributed by atoms with van der Waals surface area (Å²) in [6.45, 7) is 17.8. The van der Waals surface area contributed by atoms with Crippen LogP contribution in [0.4, 0.5) is 0 Å². The summed E-state index contributed by atoms with van der Waals surface area (Å²) in [4.78, 5) is 0. The first-order valence-electron chi connectivity index (χ1n) is 31.9. The highest BCUT2D eigenvalue weighted by molar-refractivity contribution is 5.65. The molecule has 0 saturated carbocycles. The van der Waals surface area contributed by atoms with Crippen LogP contribution in [-0.2, 0) is 54.5 Å². The SMILES string of the molecule is CCc1ccc(-c2cccc[n+]2C)c(C)c1.Cc1cc(C(C)C)ccc1-c1cccc[n+]1C.Cc1cc(CC(C)C)ccc1-c1cccc[n+]1C.[2H]C([2H])([2H])Cc1ccc(-c2cccc[n+]2C)c(C)c1.[2H]C([2H])([2H])c1ccc(-c2cccc[n+]2C)c(C)c1. The first-order valence-corrected chi connectivity index (χ1v) is 28.9. The van der Waals surface area contributed by atoms with Crippen LogP contribution in [0, 0.1) is 47.4 Å². The van der Waals surface area contributed by atoms with Crippen molar-refractivity contribution in [2.24, 2.45) is 41.2 Å². The fourth-order valence-corrected chi connectivity index (χ4v) is 10.3. The van der Waals surface area contributed by atoms with Crippen LogP contribution in [0.5, 0.6) is 0 Å². The first kappa shape index (κ1) is 54.4. The lowest BCUT2D eigenvalue weighted by molar-refractivity contribution is -0.660. The van der Waals surface area contributed by atoms with Crippen molar-refractivity contribution in [3.63, 3.8) is 0 Å². The van der Waals surface area contributed by atoms with Crippen LogP contribution in [0.1, 0.15) is 111 Å². The maximum absolute atomic E-state index is 7.42. The van der Waals surface area contributed by atoms with Gasteiger partial charge in [0.1, 0.15) is 35.2 Å². The van der Waals surface area contributed by atoms with Crippen LogP contribution in [0.15, 0.2) is 213 Å². The van der Waals surface area contributed by atoms with Gasteiger partial charge in [-0.15, -0.1) is 0 Å². The van der Waals surface area contributed by atoms with Gasteiger partial charge in [-0.1, -0.05) is 108 Å². The van der Waals surface area contributed by atoms with Crippen LogP contribution in [0.2, 0.25) is 0 Å². The van der Waals surface area contributed by atoms with E-state index in [9.17, 15) is 0 Å². The molecule has 5 aromatic heterocycles. The Morgan fingerprint density at radius 3 is 0.963 bits per heavy atom. The van der Waals surface area contributed by atoms with E-state index in [1.165, 1.54) is 67.2 Å². The molecule has 5 nitrogen and oxygen atoms in total. The van der Waals surface area contributed by atoms with Crippen LogP contribution in [0.3, 0.4) is 0 Å². The summed E-state index contributed by atoms with van der Waals surface area (Å²) in [6, 6.07) is 62.5. The van der Waals surface area contributed by atoms with E-state index in [0.717, 1.165) is 52.0 Å². The number of aromatic nitrogens is 5. The highest BCUT2D eigenvalue weighted by Gasteiger charge is 2.16. The molecule has 0 amide bonds. The molecule has 82 heavy (non-hydrogen) atoms. The highest BCUT2D eigenvalue weighted by atomic mass is 14.9. The Morgan fingerprint density at radius 1 is 0.354 bits per heavy atom. The maximum atomic E-state index is 7.42. The van der Waals surface area contributed by atoms with Gasteiger partial charge in [-0.05, 0) is 183 Å². The summed E-state index contributed by atoms with van der Waals surface area (Å²) in [5.41, 5.74) is 23.8. The van der Waals surface area contributed by atoms with Crippen molar-refractivity contribution in [3.8, 4) is 56.3 Å². The zero-order chi connectivity index (χ0) is 64.5. The molecular weight excluding hydrogens is 995 g/mol. The molecule has 0 atom stereocenters. The number of aryl methyl sites for hydroxylation is 13. The van der Waals surface area contributed by atoms with Crippen molar-refractivity contribution >= 4 is 0 Å². The predicted octanol–water partition coefficient (Wildman–Crippen LogP) is 16.2. The molecule has 0 unspecified atom stereocenters. The predicted molar refractivity (Wildman–Crippen MR) is 345 cm³/mol. The fraction of sp³-hybridized carbons (Fsp3) is 0.286. The summed E-state index contributed by atoms with van der Waals surface area (Å²) >= 11 is 0. The number of pyridine rings is 5. The summed E-state index contributed by atoms with van der Waals surface area (Å²) in [5, 5.41) is 0. The molecule has 10 aromatic rings. The minimum absolute atomic E-state index is 0.120. The van der Waals surface area contributed by atoms with Gasteiger partial charge in [-0.2, -0.15) is 0 Å². The Labute approximate surface area is 503 Å². The summed E-state index contributed by atoms with van der Waals surface area (Å²) < 4.78 is 54.8. The van der Waals surface area contributed by atoms with Crippen molar-refractivity contribution in [2.45, 2.75) is 108 Å². The van der Waals surface area contributed by atoms with E-state index in [-0.39, 0.29) is 6.42 Å². The van der Waals surface area contributed by atoms with E-state index >= 15 is 0 Å². The lowest BCUT2D eigenvalue weighted by atomic mass is 9.96. The smallest absolute Gasteiger partial charge is 0.201 e. The standard InChI is InChI=1S/C17H22N.C16H20N.2C15H18N.C14H16N/c1-13(2)11-15-8-9-16(14(3)12-15)17-7-5-6-10-18(17)4;1-12(2)14-8-9-15(13(3)11-14)16-7-5-6-10-17(16)4;2*1-4-13-8-9-14(12(2)11-13)15-7-5-6-10-16(15)3;1-11-7-8-13(12(2)10-11)14-6-4-5-9-15(14)3/h5-10,12-13H,11H2,1-4H3;5-12H,1-4H3;2*5-11H,4H2,1-3H3;4-10H,1-3H3/q5*+1/i;;1D3;;1D3. The number of benzene rings is 5. The van der Waals surface area contributed by atoms with Gasteiger partial charge in [0.2, 0.25) is 28.5 Å². The van der Waals surface area contributed by atoms with Crippen LogP contribution in [0.25, 0.3) is 56.3 Å². The Kier molecular flexibility index (Phi) is 20.3. The molecule has 0 fully saturated rings. The molecule has 5 heteroatoms. The number of nitrogens with zero attached hydrogens (tertiary/aromatic N) is 5. The van der Waals surface area contributed by atoms with Crippen molar-refractivity contribution in [2.75, 3.05) is 0 Å². The number of hydrogen-bond acceptors (Lipinski definition) is 0. The van der Waals surface area contributed by atoms with Crippen molar-refractivity contribution in [1.82, 2.24) is 0 Å². The van der Waals surface area contributed by atoms with Crippen LogP contribution < -0.4 is 22.8 Å². The molecular formula is C77H94N5+5. The number of rotatable bonds is 10. The van der Waals surface area contributed by atoms with E-state index < -0.39 is 13.7 Å². The van der Waals surface area contributed by atoms with E-state index in [1.54, 1.807) is 12.1 Å². The van der Waals surface area contributed by atoms with Crippen LogP contribution >= 0.6 is 0 Å². The topological polar surface area (TPSA) is 19.4 Å². The molecule has 0 N–H and O–H groups in total. The third-order valence-electron chi connectivity index (χ3n) is 14.9. The van der Waals surface area contributed by atoms with Crippen LogP contribution in [-0.4, -0.2) is 0 Å². The third-order valence-corrected chi connectivity index (χ3v) is 14.9. The quantitative estimate of drug-likeness (QED) is 0.122. The molecule has 0 aliphatic rings. The van der Waals surface area contributed by atoms with Gasteiger partial charge in [-0.25, -0.2) is 22.8 Å². The Hall–Kier alpha value is -8.15. The lowest BCUT2D eigenvalue weighted by Gasteiger charge is -2.09. The van der Waals surface area contributed by atoms with Gasteiger partial charge in [0.25, 0.3) is 0 Å². The second kappa shape index (κ2) is 30.6. The second-order valence-electron chi connectivity index (χ2n) is 22.3. The lowest BCUT2D eigenvalue weighted by Crippen LogP contribution is -2.30. The van der Waals surface area contributed by atoms with Gasteiger partial charge in [0.05, 0.1) is 0 Å². The molecule has 0 bridgehead atoms. The molecule has 5 heterocycles. The largest absolute Gasteiger partial charge is 0.212 e. The summed E-state index contributed by atoms with van der Waals surface area (Å²) in [5.74, 6) is 1.30. The molecule has 0 spiro atoms. The molecule has 422 valence electrons. The molecule has 5 aromatic carbocycles. The molecule has 0 saturated heterocycles. The average Bonchev–Trinajstić information content (AvgIpc) is 2.70. The van der Waals surface area contributed by atoms with Gasteiger partial charge in [-0.3, -0.25) is 0 Å². The number of hydrogen-bond donors (Lipinski definition) is 0. The molecule has 0 aliphatic carbocycles. The minimum atomic E-state index is -2.04. The third kappa shape index (κ3) is 17.4. The van der Waals surface area contributed by atoms with Gasteiger partial charge >= 0.3 is 0 Å². The minimum Gasteiger partial charge on any atom is -0.201 e. The van der Waals surface area contributed by atoms with E-state index in [1.807, 2.05) is 99.5 Å². The normalized spacial score (nSPS) is 12.0. The maximum Gasteiger partial charge on any atom is 0.212 e. The first-order chi connectivity index (χ1) is 41.6. The Bertz CT molecular complexity index is 3910. The van der Waals surface area contributed by atoms with Gasteiger partial charge in [0.15, 0.2) is 31.0 Å². The molecule has 10 rings (SSSR count). The second-order valence-corrected chi connectivity index (χ2v) is 22.3. The van der Waals surface area contributed by atoms with Gasteiger partial charge in [0, 0.05) is 96.7 Å². The summed E-state index contributed by atoms with van der Waals surface area (Å²) in [7, 11) is 10.3. The molecule has 0 aliphatic heterocycles. The van der Waals surface area contributed by atoms with E-state index in [2.05, 4.69) is 229 Å². The zero-order valence-corrected chi connectivity index (χ0v) is 51.7. The van der Waals surface area contributed by atoms with E-state index in [0.29, 0.717) is 17.4 Å². The Morgan fingerprint density at radius 2 is 0.671 bits per heavy atom. The van der Waals surface area contributed by atoms with Gasteiger partial charge < -0.3 is 0 Å².